The fourth-order valence-electron chi connectivity index (χ4n) is 9.73. The molecule has 10 nitrogen and oxygen atoms in total. The lowest BCUT2D eigenvalue weighted by molar-refractivity contribution is -0.118. The number of piperazine rings is 1. The summed E-state index contributed by atoms with van der Waals surface area (Å²) in [5.74, 6) is 1.86. The Morgan fingerprint density at radius 3 is 2.27 bits per heavy atom. The van der Waals surface area contributed by atoms with Crippen molar-refractivity contribution in [2.45, 2.75) is 104 Å². The zero-order valence-electron chi connectivity index (χ0n) is 39.0. The lowest BCUT2D eigenvalue weighted by Crippen LogP contribution is -2.47. The first kappa shape index (κ1) is 44.9. The van der Waals surface area contributed by atoms with Gasteiger partial charge in [0.05, 0.1) is 6.20 Å². The average molecular weight is 840 g/mol. The minimum absolute atomic E-state index is 0.0530. The molecule has 1 atom stereocenters. The molecule has 7 rings (SSSR count). The Bertz CT molecular complexity index is 2120. The predicted molar refractivity (Wildman–Crippen MR) is 261 cm³/mol. The Kier molecular flexibility index (Phi) is 13.9. The summed E-state index contributed by atoms with van der Waals surface area (Å²) >= 11 is 0. The number of anilines is 5. The number of ketones is 1. The van der Waals surface area contributed by atoms with E-state index in [2.05, 4.69) is 138 Å². The quantitative estimate of drug-likeness (QED) is 0.133. The Morgan fingerprint density at radius 2 is 1.66 bits per heavy atom. The Balaban J connectivity index is 0.869. The number of aryl methyl sites for hydroxylation is 1. The number of hydrogen-bond acceptors (Lipinski definition) is 10. The molecule has 0 radical (unpaired) electrons. The predicted octanol–water partition coefficient (Wildman–Crippen LogP) is 9.55. The number of carbonyl (C=O) groups excluding carboxylic acids is 1. The van der Waals surface area contributed by atoms with Crippen LogP contribution < -0.4 is 24.9 Å². The molecule has 2 saturated heterocycles. The Labute approximate surface area is 373 Å². The second kappa shape index (κ2) is 19.1. The standard InChI is InChI=1S/C52H73N9O/c1-12-42-33-44(16-20-48(42)57(11)51-53-34-49-50(55-51)61(37(4)5)35-52(24-25-52)41(9)56(49)10)39(7)54-45-22-27-59(28-23-45)38(6)21-26-58-29-31-60(32-30-58)46-17-14-43(15-18-46)47(40(8)62)19-13-36(2)3/h14-18,20,33-34,37,45,47,54H,2,6-7,9,12-13,19,21-32,35H2,1,3-5,8,10-11H3. The van der Waals surface area contributed by atoms with Gasteiger partial charge in [-0.2, -0.15) is 4.98 Å². The number of rotatable bonds is 17. The number of allylic oxidation sites excluding steroid dienone is 1. The van der Waals surface area contributed by atoms with Gasteiger partial charge in [-0.25, -0.2) is 4.98 Å². The van der Waals surface area contributed by atoms with Gasteiger partial charge in [-0.1, -0.05) is 50.4 Å². The minimum atomic E-state index is -0.0530. The molecule has 3 fully saturated rings. The van der Waals surface area contributed by atoms with Crippen molar-refractivity contribution in [2.24, 2.45) is 5.41 Å². The zero-order chi connectivity index (χ0) is 44.3. The van der Waals surface area contributed by atoms with Crippen LogP contribution in [0.5, 0.6) is 0 Å². The summed E-state index contributed by atoms with van der Waals surface area (Å²) in [7, 11) is 4.19. The van der Waals surface area contributed by atoms with Crippen LogP contribution >= 0.6 is 0 Å². The molecule has 3 aromatic rings. The molecule has 1 spiro atoms. The van der Waals surface area contributed by atoms with Crippen LogP contribution in [0.1, 0.15) is 102 Å². The van der Waals surface area contributed by atoms with Crippen molar-refractivity contribution in [3.05, 3.63) is 109 Å². The maximum absolute atomic E-state index is 12.4. The molecule has 0 amide bonds. The van der Waals surface area contributed by atoms with Crippen LogP contribution in [-0.4, -0.2) is 104 Å². The van der Waals surface area contributed by atoms with E-state index in [1.165, 1.54) is 35.5 Å². The normalized spacial score (nSPS) is 18.4. The molecule has 332 valence electrons. The molecule has 3 aliphatic heterocycles. The van der Waals surface area contributed by atoms with Crippen LogP contribution in [0.3, 0.4) is 0 Å². The summed E-state index contributed by atoms with van der Waals surface area (Å²) in [6, 6.07) is 16.1. The number of nitrogens with zero attached hydrogens (tertiary/aromatic N) is 8. The Morgan fingerprint density at radius 1 is 0.968 bits per heavy atom. The summed E-state index contributed by atoms with van der Waals surface area (Å²) in [6.45, 7) is 36.1. The van der Waals surface area contributed by atoms with Crippen molar-refractivity contribution in [2.75, 3.05) is 86.1 Å². The maximum Gasteiger partial charge on any atom is 0.231 e. The van der Waals surface area contributed by atoms with Gasteiger partial charge < -0.3 is 29.8 Å². The second-order valence-electron chi connectivity index (χ2n) is 18.9. The Hall–Kier alpha value is -5.09. The highest BCUT2D eigenvalue weighted by Crippen LogP contribution is 2.56. The van der Waals surface area contributed by atoms with Crippen LogP contribution in [0.15, 0.2) is 91.9 Å². The van der Waals surface area contributed by atoms with Gasteiger partial charge in [0.15, 0.2) is 5.82 Å². The minimum Gasteiger partial charge on any atom is -0.382 e. The van der Waals surface area contributed by atoms with E-state index in [0.29, 0.717) is 18.0 Å². The monoisotopic (exact) mass is 840 g/mol. The van der Waals surface area contributed by atoms with Crippen molar-refractivity contribution in [3.63, 3.8) is 0 Å². The first-order valence-electron chi connectivity index (χ1n) is 23.2. The molecule has 62 heavy (non-hydrogen) atoms. The molecule has 1 aliphatic carbocycles. The average Bonchev–Trinajstić information content (AvgIpc) is 4.08. The highest BCUT2D eigenvalue weighted by Gasteiger charge is 2.51. The van der Waals surface area contributed by atoms with E-state index in [1.54, 1.807) is 6.92 Å². The van der Waals surface area contributed by atoms with E-state index in [-0.39, 0.29) is 17.1 Å². The van der Waals surface area contributed by atoms with Gasteiger partial charge in [-0.05, 0) is 120 Å². The first-order valence-corrected chi connectivity index (χ1v) is 23.2. The summed E-state index contributed by atoms with van der Waals surface area (Å²) in [4.78, 5) is 36.8. The van der Waals surface area contributed by atoms with E-state index in [0.717, 1.165) is 130 Å². The third-order valence-electron chi connectivity index (χ3n) is 14.2. The zero-order valence-corrected chi connectivity index (χ0v) is 39.0. The molecule has 1 aromatic heterocycles. The molecular formula is C52H73N9O. The number of fused-ring (bicyclic) bond motifs is 1. The molecule has 4 aliphatic rings. The summed E-state index contributed by atoms with van der Waals surface area (Å²) in [5, 5.41) is 3.79. The van der Waals surface area contributed by atoms with Crippen molar-refractivity contribution in [3.8, 4) is 0 Å². The van der Waals surface area contributed by atoms with Crippen LogP contribution in [-0.2, 0) is 11.2 Å². The van der Waals surface area contributed by atoms with E-state index < -0.39 is 0 Å². The van der Waals surface area contributed by atoms with E-state index >= 15 is 0 Å². The smallest absolute Gasteiger partial charge is 0.231 e. The number of aromatic nitrogens is 2. The van der Waals surface area contributed by atoms with Gasteiger partial charge in [0, 0.05) is 118 Å². The lowest BCUT2D eigenvalue weighted by atomic mass is 9.89. The molecule has 1 unspecified atom stereocenters. The number of piperidine rings is 1. The molecule has 0 bridgehead atoms. The number of benzene rings is 2. The van der Waals surface area contributed by atoms with E-state index in [1.807, 2.05) is 13.1 Å². The molecule has 2 aromatic carbocycles. The highest BCUT2D eigenvalue weighted by molar-refractivity contribution is 5.83. The fourth-order valence-corrected chi connectivity index (χ4v) is 9.73. The van der Waals surface area contributed by atoms with Crippen molar-refractivity contribution >= 4 is 40.3 Å². The molecule has 4 heterocycles. The highest BCUT2D eigenvalue weighted by atomic mass is 16.1. The lowest BCUT2D eigenvalue weighted by Gasteiger charge is -2.38. The maximum atomic E-state index is 12.4. The number of hydrogen-bond donors (Lipinski definition) is 1. The third kappa shape index (κ3) is 9.91. The van der Waals surface area contributed by atoms with Crippen molar-refractivity contribution in [1.82, 2.24) is 25.1 Å². The van der Waals surface area contributed by atoms with Crippen molar-refractivity contribution in [1.29, 1.82) is 0 Å². The van der Waals surface area contributed by atoms with Crippen LogP contribution in [0, 0.1) is 5.41 Å². The van der Waals surface area contributed by atoms with E-state index in [9.17, 15) is 4.79 Å². The van der Waals surface area contributed by atoms with Gasteiger partial charge in [-0.3, -0.25) is 9.69 Å². The summed E-state index contributed by atoms with van der Waals surface area (Å²) in [5.41, 5.74) is 11.5. The first-order chi connectivity index (χ1) is 29.7. The van der Waals surface area contributed by atoms with Crippen LogP contribution in [0.25, 0.3) is 5.70 Å². The third-order valence-corrected chi connectivity index (χ3v) is 14.2. The molecule has 1 saturated carbocycles. The van der Waals surface area contributed by atoms with Crippen molar-refractivity contribution < 1.29 is 4.79 Å². The van der Waals surface area contributed by atoms with Crippen LogP contribution in [0.2, 0.25) is 0 Å². The number of nitrogens with one attached hydrogen (secondary N) is 1. The summed E-state index contributed by atoms with van der Waals surface area (Å²) < 4.78 is 0. The largest absolute Gasteiger partial charge is 0.382 e. The van der Waals surface area contributed by atoms with Gasteiger partial charge in [0.1, 0.15) is 11.5 Å². The molecule has 10 heteroatoms. The van der Waals surface area contributed by atoms with Gasteiger partial charge >= 0.3 is 0 Å². The number of Topliss-reactive ketones (excluding diaryl/α,β-unsaturated/α-hetero) is 1. The topological polar surface area (TPSA) is 74.3 Å². The SMILES string of the molecule is C=C(C)CCC(C(C)=O)c1ccc(N2CCN(CCC(=C)N3CCC(NC(=C)c4ccc(N(C)c5ncc6c(n5)N(C(C)C)CC5(CC5)C(=C)N6C)c(CC)c4)CC3)CC2)cc1. The molecular weight excluding hydrogens is 767 g/mol. The van der Waals surface area contributed by atoms with E-state index in [4.69, 9.17) is 9.97 Å². The second-order valence-corrected chi connectivity index (χ2v) is 18.9. The van der Waals surface area contributed by atoms with Gasteiger partial charge in [-0.15, -0.1) is 6.58 Å². The number of carbonyl (C=O) groups is 1. The summed E-state index contributed by atoms with van der Waals surface area (Å²) in [6.07, 6.45) is 10.0. The van der Waals surface area contributed by atoms with Crippen LogP contribution in [0.4, 0.5) is 28.8 Å². The molecule has 1 N–H and O–H groups in total. The van der Waals surface area contributed by atoms with Gasteiger partial charge in [0.25, 0.3) is 0 Å². The fraction of sp³-hybridized carbons (Fsp3) is 0.519. The van der Waals surface area contributed by atoms with Gasteiger partial charge in [0.2, 0.25) is 5.95 Å². The number of likely N-dealkylation sites (tertiary alicyclic amines) is 1.